The van der Waals surface area contributed by atoms with Crippen molar-refractivity contribution in [3.8, 4) is 6.07 Å². The van der Waals surface area contributed by atoms with Crippen LogP contribution < -0.4 is 4.72 Å². The Morgan fingerprint density at radius 2 is 1.88 bits per heavy atom. The summed E-state index contributed by atoms with van der Waals surface area (Å²) in [5, 5.41) is 12.7. The Morgan fingerprint density at radius 1 is 1.15 bits per heavy atom. The van der Waals surface area contributed by atoms with E-state index in [-0.39, 0.29) is 28.0 Å². The van der Waals surface area contributed by atoms with E-state index in [1.807, 2.05) is 10.8 Å². The van der Waals surface area contributed by atoms with Crippen molar-refractivity contribution < 1.29 is 21.6 Å². The molecule has 0 aliphatic rings. The zero-order valence-corrected chi connectivity index (χ0v) is 19.1. The van der Waals surface area contributed by atoms with E-state index >= 15 is 0 Å². The molecule has 1 atom stereocenters. The molecular formula is C22H15ClF3N3O2S2. The summed E-state index contributed by atoms with van der Waals surface area (Å²) in [6.07, 6.45) is -3.63. The number of hydrogen-bond donors (Lipinski definition) is 1. The Labute approximate surface area is 196 Å². The lowest BCUT2D eigenvalue weighted by atomic mass is 10.0. The summed E-state index contributed by atoms with van der Waals surface area (Å²) in [7, 11) is -4.42. The maximum absolute atomic E-state index is 14.1. The number of benzene rings is 2. The van der Waals surface area contributed by atoms with Crippen LogP contribution in [0.4, 0.5) is 13.2 Å². The molecule has 2 aromatic carbocycles. The lowest BCUT2D eigenvalue weighted by Gasteiger charge is -2.21. The molecule has 11 heteroatoms. The third-order valence-corrected chi connectivity index (χ3v) is 7.53. The highest BCUT2D eigenvalue weighted by Crippen LogP contribution is 2.39. The number of nitrogens with zero attached hydrogens (tertiary/aromatic N) is 2. The van der Waals surface area contributed by atoms with Gasteiger partial charge in [0.2, 0.25) is 10.0 Å². The van der Waals surface area contributed by atoms with Crippen LogP contribution in [0.5, 0.6) is 0 Å². The van der Waals surface area contributed by atoms with Gasteiger partial charge < -0.3 is 4.57 Å². The molecule has 4 aromatic rings. The van der Waals surface area contributed by atoms with Crippen molar-refractivity contribution >= 4 is 43.9 Å². The Morgan fingerprint density at radius 3 is 2.48 bits per heavy atom. The monoisotopic (exact) mass is 509 g/mol. The summed E-state index contributed by atoms with van der Waals surface area (Å²) >= 11 is 6.98. The quantitative estimate of drug-likeness (QED) is 0.354. The van der Waals surface area contributed by atoms with Gasteiger partial charge in [0.1, 0.15) is 6.04 Å². The van der Waals surface area contributed by atoms with Gasteiger partial charge in [-0.25, -0.2) is 8.42 Å². The van der Waals surface area contributed by atoms with Gasteiger partial charge in [-0.15, -0.1) is 0 Å². The van der Waals surface area contributed by atoms with Crippen LogP contribution in [0.3, 0.4) is 0 Å². The van der Waals surface area contributed by atoms with Gasteiger partial charge in [-0.3, -0.25) is 0 Å². The van der Waals surface area contributed by atoms with E-state index in [0.29, 0.717) is 10.5 Å². The molecule has 2 heterocycles. The van der Waals surface area contributed by atoms with Crippen molar-refractivity contribution in [2.24, 2.45) is 0 Å². The van der Waals surface area contributed by atoms with E-state index in [4.69, 9.17) is 11.6 Å². The predicted molar refractivity (Wildman–Crippen MR) is 121 cm³/mol. The number of sulfonamides is 1. The van der Waals surface area contributed by atoms with Crippen LogP contribution in [0.1, 0.15) is 22.7 Å². The average Bonchev–Trinajstić information content (AvgIpc) is 3.42. The van der Waals surface area contributed by atoms with Crippen molar-refractivity contribution in [1.29, 1.82) is 5.26 Å². The van der Waals surface area contributed by atoms with Crippen molar-refractivity contribution in [2.45, 2.75) is 23.7 Å². The normalized spacial score (nSPS) is 13.2. The molecule has 2 aromatic heterocycles. The number of halogens is 4. The molecule has 0 spiro atoms. The maximum atomic E-state index is 14.1. The Kier molecular flexibility index (Phi) is 6.24. The molecule has 170 valence electrons. The number of fused-ring (bicyclic) bond motifs is 1. The minimum Gasteiger partial charge on any atom is -0.343 e. The van der Waals surface area contributed by atoms with E-state index in [0.717, 1.165) is 16.9 Å². The second-order valence-corrected chi connectivity index (χ2v) is 10.2. The summed E-state index contributed by atoms with van der Waals surface area (Å²) in [6.45, 7) is 0.199. The zero-order valence-electron chi connectivity index (χ0n) is 16.7. The number of nitrogens with one attached hydrogen (secondary N) is 1. The molecule has 33 heavy (non-hydrogen) atoms. The third kappa shape index (κ3) is 4.91. The van der Waals surface area contributed by atoms with Crippen LogP contribution >= 0.6 is 22.9 Å². The van der Waals surface area contributed by atoms with Gasteiger partial charge >= 0.3 is 6.18 Å². The minimum absolute atomic E-state index is 0.193. The summed E-state index contributed by atoms with van der Waals surface area (Å²) in [5.41, 5.74) is 1.16. The lowest BCUT2D eigenvalue weighted by Crippen LogP contribution is -2.37. The number of aromatic nitrogens is 1. The fraction of sp³-hybridized carbons (Fsp3) is 0.136. The van der Waals surface area contributed by atoms with E-state index in [9.17, 15) is 26.9 Å². The smallest absolute Gasteiger partial charge is 0.343 e. The van der Waals surface area contributed by atoms with Crippen LogP contribution in [0.15, 0.2) is 70.4 Å². The molecule has 4 rings (SSSR count). The van der Waals surface area contributed by atoms with Gasteiger partial charge in [-0.2, -0.15) is 34.5 Å². The number of rotatable bonds is 6. The number of thiophene rings is 1. The fourth-order valence-electron chi connectivity index (χ4n) is 3.47. The number of alkyl halides is 3. The zero-order chi connectivity index (χ0) is 23.8. The molecule has 0 radical (unpaired) electrons. The highest BCUT2D eigenvalue weighted by molar-refractivity contribution is 7.89. The molecule has 0 bridgehead atoms. The maximum Gasteiger partial charge on any atom is 0.408 e. The van der Waals surface area contributed by atoms with Gasteiger partial charge in [0.05, 0.1) is 16.5 Å². The number of nitriles is 1. The third-order valence-electron chi connectivity index (χ3n) is 5.03. The first-order chi connectivity index (χ1) is 15.6. The molecule has 0 aliphatic heterocycles. The highest BCUT2D eigenvalue weighted by atomic mass is 35.5. The summed E-state index contributed by atoms with van der Waals surface area (Å²) in [5.74, 6) is 0. The predicted octanol–water partition coefficient (Wildman–Crippen LogP) is 5.86. The Balaban J connectivity index is 1.85. The highest BCUT2D eigenvalue weighted by Gasteiger charge is 2.45. The van der Waals surface area contributed by atoms with Crippen LogP contribution in [-0.2, 0) is 16.6 Å². The molecule has 0 saturated heterocycles. The largest absolute Gasteiger partial charge is 0.408 e. The van der Waals surface area contributed by atoms with E-state index in [1.165, 1.54) is 41.2 Å². The van der Waals surface area contributed by atoms with E-state index in [2.05, 4.69) is 0 Å². The second-order valence-electron chi connectivity index (χ2n) is 7.24. The molecule has 1 unspecified atom stereocenters. The molecule has 0 amide bonds. The molecule has 0 fully saturated rings. The molecular weight excluding hydrogens is 495 g/mol. The van der Waals surface area contributed by atoms with Crippen LogP contribution in [0.2, 0.25) is 5.02 Å². The SMILES string of the molecule is N#Cc1ccc2c(C(NS(=O)(=O)c3ccsc3)C(F)(F)F)cn(Cc3ccc(Cl)cc3)c2c1. The van der Waals surface area contributed by atoms with Crippen molar-refractivity contribution in [3.63, 3.8) is 0 Å². The first kappa shape index (κ1) is 23.3. The minimum atomic E-state index is -4.91. The van der Waals surface area contributed by atoms with E-state index in [1.54, 1.807) is 28.8 Å². The van der Waals surface area contributed by atoms with Crippen LogP contribution in [0.25, 0.3) is 10.9 Å². The first-order valence-corrected chi connectivity index (χ1v) is 12.3. The molecule has 0 aliphatic carbocycles. The first-order valence-electron chi connectivity index (χ1n) is 9.47. The van der Waals surface area contributed by atoms with E-state index < -0.39 is 22.2 Å². The van der Waals surface area contributed by atoms with Gasteiger partial charge in [0.15, 0.2) is 0 Å². The molecule has 5 nitrogen and oxygen atoms in total. The van der Waals surface area contributed by atoms with Crippen LogP contribution in [0, 0.1) is 11.3 Å². The Hall–Kier alpha value is -2.84. The fourth-order valence-corrected chi connectivity index (χ4v) is 5.83. The van der Waals surface area contributed by atoms with Crippen molar-refractivity contribution in [3.05, 3.63) is 87.2 Å². The summed E-state index contributed by atoms with van der Waals surface area (Å²) in [6, 6.07) is 11.8. The summed E-state index contributed by atoms with van der Waals surface area (Å²) < 4.78 is 71.0. The molecule has 1 N–H and O–H groups in total. The Bertz CT molecular complexity index is 1440. The lowest BCUT2D eigenvalue weighted by molar-refractivity contribution is -0.152. The average molecular weight is 510 g/mol. The molecule has 0 saturated carbocycles. The second kappa shape index (κ2) is 8.83. The van der Waals surface area contributed by atoms with Crippen LogP contribution in [-0.4, -0.2) is 19.2 Å². The van der Waals surface area contributed by atoms with Gasteiger partial charge in [0.25, 0.3) is 0 Å². The number of hydrogen-bond acceptors (Lipinski definition) is 4. The van der Waals surface area contributed by atoms with Gasteiger partial charge in [-0.1, -0.05) is 29.8 Å². The standard InChI is InChI=1S/C22H15ClF3N3O2S2/c23-16-4-1-14(2-5-16)11-29-12-19(18-6-3-15(10-27)9-20(18)29)21(22(24,25)26)28-33(30,31)17-7-8-32-13-17/h1-9,12-13,21,28H,11H2. The summed E-state index contributed by atoms with van der Waals surface area (Å²) in [4.78, 5) is -0.238. The van der Waals surface area contributed by atoms with Crippen molar-refractivity contribution in [2.75, 3.05) is 0 Å². The topological polar surface area (TPSA) is 74.9 Å². The van der Waals surface area contributed by atoms with Crippen molar-refractivity contribution in [1.82, 2.24) is 9.29 Å². The van der Waals surface area contributed by atoms with Gasteiger partial charge in [0, 0.05) is 39.6 Å². The van der Waals surface area contributed by atoms with Gasteiger partial charge in [-0.05, 0) is 41.3 Å².